The van der Waals surface area contributed by atoms with Gasteiger partial charge in [-0.2, -0.15) is 0 Å². The van der Waals surface area contributed by atoms with E-state index in [2.05, 4.69) is 52.3 Å². The summed E-state index contributed by atoms with van der Waals surface area (Å²) in [7, 11) is 4.20. The van der Waals surface area contributed by atoms with Crippen LogP contribution in [0.15, 0.2) is 24.3 Å². The molecule has 1 saturated heterocycles. The number of nitrogens with one attached hydrogen (secondary N) is 1. The number of nitrogens with zero attached hydrogens (tertiary/aromatic N) is 2. The van der Waals surface area contributed by atoms with E-state index in [4.69, 9.17) is 5.73 Å². The maximum Gasteiger partial charge on any atom is 0.0567 e. The molecule has 0 aromatic heterocycles. The third kappa shape index (κ3) is 5.87. The molecular formula is C16H28N4OS. The van der Waals surface area contributed by atoms with E-state index < -0.39 is 0 Å². The lowest BCUT2D eigenvalue weighted by Crippen LogP contribution is -2.45. The Bertz CT molecular complexity index is 442. The van der Waals surface area contributed by atoms with Crippen LogP contribution in [0.2, 0.25) is 0 Å². The molecule has 0 radical (unpaired) electrons. The Morgan fingerprint density at radius 1 is 1.23 bits per heavy atom. The molecule has 124 valence electrons. The summed E-state index contributed by atoms with van der Waals surface area (Å²) in [5.74, 6) is 0. The number of benzene rings is 1. The van der Waals surface area contributed by atoms with Crippen LogP contribution in [0.3, 0.4) is 0 Å². The summed E-state index contributed by atoms with van der Waals surface area (Å²) in [6.07, 6.45) is 1.56. The van der Waals surface area contributed by atoms with Crippen LogP contribution in [0.5, 0.6) is 0 Å². The predicted molar refractivity (Wildman–Crippen MR) is 93.1 cm³/mol. The van der Waals surface area contributed by atoms with Crippen LogP contribution in [0.25, 0.3) is 0 Å². The van der Waals surface area contributed by atoms with Crippen molar-refractivity contribution in [2.45, 2.75) is 38.1 Å². The molecule has 0 bridgehead atoms. The van der Waals surface area contributed by atoms with Crippen LogP contribution in [0.1, 0.15) is 24.0 Å². The van der Waals surface area contributed by atoms with Gasteiger partial charge >= 0.3 is 0 Å². The molecule has 6 heteroatoms. The maximum absolute atomic E-state index is 9.73. The number of hydrogen-bond acceptors (Lipinski definition) is 6. The normalized spacial score (nSPS) is 22.5. The quantitative estimate of drug-likeness (QED) is 0.655. The summed E-state index contributed by atoms with van der Waals surface area (Å²) in [6.45, 7) is 3.32. The average Bonchev–Trinajstić information content (AvgIpc) is 2.47. The molecule has 1 aliphatic rings. The molecule has 22 heavy (non-hydrogen) atoms. The highest BCUT2D eigenvalue weighted by molar-refractivity contribution is 7.94. The van der Waals surface area contributed by atoms with E-state index in [1.165, 1.54) is 5.56 Å². The third-order valence-electron chi connectivity index (χ3n) is 3.89. The molecule has 1 heterocycles. The maximum atomic E-state index is 9.73. The van der Waals surface area contributed by atoms with Crippen molar-refractivity contribution in [2.75, 3.05) is 27.2 Å². The molecule has 0 spiro atoms. The van der Waals surface area contributed by atoms with Crippen LogP contribution < -0.4 is 11.1 Å². The van der Waals surface area contributed by atoms with Gasteiger partial charge in [-0.25, -0.2) is 8.61 Å². The topological polar surface area (TPSA) is 64.8 Å². The smallest absolute Gasteiger partial charge is 0.0567 e. The number of rotatable bonds is 7. The number of hydrogen-bond donors (Lipinski definition) is 3. The predicted octanol–water partition coefficient (Wildman–Crippen LogP) is 1.19. The summed E-state index contributed by atoms with van der Waals surface area (Å²) < 4.78 is 4.45. The van der Waals surface area contributed by atoms with Crippen LogP contribution in [-0.2, 0) is 13.1 Å². The number of aliphatic hydroxyl groups excluding tert-OH is 1. The molecule has 0 amide bonds. The molecule has 2 rings (SSSR count). The van der Waals surface area contributed by atoms with Gasteiger partial charge < -0.3 is 16.2 Å². The molecule has 2 atom stereocenters. The molecule has 2 unspecified atom stereocenters. The Morgan fingerprint density at radius 2 is 1.91 bits per heavy atom. The number of aliphatic hydroxyl groups is 1. The lowest BCUT2D eigenvalue weighted by atomic mass is 10.0. The first-order chi connectivity index (χ1) is 10.6. The van der Waals surface area contributed by atoms with E-state index in [-0.39, 0.29) is 6.10 Å². The number of likely N-dealkylation sites (N-methyl/N-ethyl adjacent to an activating group) is 1. The van der Waals surface area contributed by atoms with Crippen LogP contribution in [0, 0.1) is 0 Å². The number of nitrogens with two attached hydrogens (primary N) is 1. The van der Waals surface area contributed by atoms with Crippen molar-refractivity contribution in [3.63, 3.8) is 0 Å². The van der Waals surface area contributed by atoms with Gasteiger partial charge in [0.15, 0.2) is 0 Å². The standard InChI is InChI=1S/C16H28N4OS/c1-19(11-14-5-3-13(10-17)4-6-14)22-20(2)12-15-9-16(21)7-8-18-15/h3-6,15-16,18,21H,7-12,17H2,1-2H3. The second kappa shape index (κ2) is 8.86. The first kappa shape index (κ1) is 17.7. The molecule has 1 aromatic carbocycles. The fourth-order valence-electron chi connectivity index (χ4n) is 2.77. The minimum atomic E-state index is -0.150. The van der Waals surface area contributed by atoms with Crippen molar-refractivity contribution in [3.05, 3.63) is 35.4 Å². The summed E-state index contributed by atoms with van der Waals surface area (Å²) in [6, 6.07) is 8.82. The summed E-state index contributed by atoms with van der Waals surface area (Å²) in [5, 5.41) is 13.2. The van der Waals surface area contributed by atoms with Crippen LogP contribution >= 0.6 is 12.1 Å². The molecule has 1 aliphatic heterocycles. The van der Waals surface area contributed by atoms with Crippen molar-refractivity contribution in [3.8, 4) is 0 Å². The Labute approximate surface area is 138 Å². The van der Waals surface area contributed by atoms with Gasteiger partial charge in [0.25, 0.3) is 0 Å². The lowest BCUT2D eigenvalue weighted by molar-refractivity contribution is 0.113. The zero-order chi connectivity index (χ0) is 15.9. The zero-order valence-electron chi connectivity index (χ0n) is 13.5. The monoisotopic (exact) mass is 324 g/mol. The van der Waals surface area contributed by atoms with Crippen molar-refractivity contribution in [1.82, 2.24) is 13.9 Å². The molecule has 0 saturated carbocycles. The zero-order valence-corrected chi connectivity index (χ0v) is 14.4. The van der Waals surface area contributed by atoms with Crippen molar-refractivity contribution in [1.29, 1.82) is 0 Å². The van der Waals surface area contributed by atoms with Crippen molar-refractivity contribution in [2.24, 2.45) is 5.73 Å². The van der Waals surface area contributed by atoms with E-state index in [1.54, 1.807) is 12.1 Å². The highest BCUT2D eigenvalue weighted by Crippen LogP contribution is 2.18. The van der Waals surface area contributed by atoms with E-state index in [0.29, 0.717) is 12.6 Å². The van der Waals surface area contributed by atoms with Gasteiger partial charge in [0.1, 0.15) is 0 Å². The largest absolute Gasteiger partial charge is 0.393 e. The highest BCUT2D eigenvalue weighted by Gasteiger charge is 2.21. The van der Waals surface area contributed by atoms with Crippen molar-refractivity contribution >= 4 is 12.1 Å². The number of piperidine rings is 1. The van der Waals surface area contributed by atoms with E-state index in [9.17, 15) is 5.11 Å². The Hall–Kier alpha value is -0.630. The van der Waals surface area contributed by atoms with Gasteiger partial charge in [-0.1, -0.05) is 24.3 Å². The SMILES string of the molecule is CN(Cc1ccc(CN)cc1)SN(C)CC1CC(O)CCN1. The molecular weight excluding hydrogens is 296 g/mol. The van der Waals surface area contributed by atoms with Gasteiger partial charge in [0.2, 0.25) is 0 Å². The minimum Gasteiger partial charge on any atom is -0.393 e. The van der Waals surface area contributed by atoms with Gasteiger partial charge in [-0.05, 0) is 44.6 Å². The van der Waals surface area contributed by atoms with Crippen LogP contribution in [0.4, 0.5) is 0 Å². The first-order valence-electron chi connectivity index (χ1n) is 7.86. The van der Waals surface area contributed by atoms with Gasteiger partial charge in [0.05, 0.1) is 6.10 Å². The van der Waals surface area contributed by atoms with E-state index >= 15 is 0 Å². The summed E-state index contributed by atoms with van der Waals surface area (Å²) in [5.41, 5.74) is 8.07. The summed E-state index contributed by atoms with van der Waals surface area (Å²) in [4.78, 5) is 0. The fourth-order valence-corrected chi connectivity index (χ4v) is 3.70. The fraction of sp³-hybridized carbons (Fsp3) is 0.625. The van der Waals surface area contributed by atoms with Crippen LogP contribution in [-0.4, -0.2) is 53.0 Å². The van der Waals surface area contributed by atoms with E-state index in [0.717, 1.165) is 38.0 Å². The van der Waals surface area contributed by atoms with E-state index in [1.807, 2.05) is 0 Å². The molecule has 1 aromatic rings. The Balaban J connectivity index is 1.74. The first-order valence-corrected chi connectivity index (χ1v) is 8.59. The minimum absolute atomic E-state index is 0.150. The molecule has 4 N–H and O–H groups in total. The second-order valence-corrected chi connectivity index (χ2v) is 7.44. The second-order valence-electron chi connectivity index (χ2n) is 6.03. The molecule has 5 nitrogen and oxygen atoms in total. The highest BCUT2D eigenvalue weighted by atomic mass is 32.2. The third-order valence-corrected chi connectivity index (χ3v) is 4.72. The molecule has 1 fully saturated rings. The van der Waals surface area contributed by atoms with Gasteiger partial charge in [-0.3, -0.25) is 0 Å². The van der Waals surface area contributed by atoms with Gasteiger partial charge in [-0.15, -0.1) is 0 Å². The average molecular weight is 324 g/mol. The lowest BCUT2D eigenvalue weighted by Gasteiger charge is -2.31. The van der Waals surface area contributed by atoms with Crippen molar-refractivity contribution < 1.29 is 5.11 Å². The summed E-state index contributed by atoms with van der Waals surface area (Å²) >= 11 is 1.72. The molecule has 0 aliphatic carbocycles. The van der Waals surface area contributed by atoms with Gasteiger partial charge in [0, 0.05) is 37.8 Å². The Morgan fingerprint density at radius 3 is 2.55 bits per heavy atom. The Kier molecular flexibility index (Phi) is 7.14.